The lowest BCUT2D eigenvalue weighted by molar-refractivity contribution is 1.11. The zero-order chi connectivity index (χ0) is 2.00. The van der Waals surface area contributed by atoms with E-state index >= 15 is 0 Å². The van der Waals surface area contributed by atoms with Crippen LogP contribution in [0, 0.1) is 0 Å². The second-order valence-electron chi connectivity index (χ2n) is 0. The topological polar surface area (TPSA) is 0 Å². The van der Waals surface area contributed by atoms with Crippen LogP contribution in [0.3, 0.4) is 0 Å². The molecule has 0 aliphatic heterocycles. The molecule has 0 spiro atoms. The summed E-state index contributed by atoms with van der Waals surface area (Å²) in [6.07, 6.45) is 1.69. The molecule has 0 aromatic rings. The first kappa shape index (κ1) is 116. The second kappa shape index (κ2) is 2190. The van der Waals surface area contributed by atoms with E-state index in [0.29, 0.717) is 0 Å². The van der Waals surface area contributed by atoms with E-state index in [9.17, 15) is 0 Å². The van der Waals surface area contributed by atoms with Crippen LogP contribution >= 0.6 is 12.6 Å². The van der Waals surface area contributed by atoms with E-state index in [-0.39, 0.29) is 22.5 Å². The van der Waals surface area contributed by atoms with E-state index in [0.717, 1.165) is 0 Å². The molecule has 0 nitrogen and oxygen atoms in total. The van der Waals surface area contributed by atoms with Crippen LogP contribution in [0.5, 0.6) is 0 Å². The summed E-state index contributed by atoms with van der Waals surface area (Å²) in [4.78, 5) is 0. The van der Waals surface area contributed by atoms with Crippen molar-refractivity contribution in [3.05, 3.63) is 0 Å². The first-order chi connectivity index (χ1) is 1.00. The molecule has 0 saturated heterocycles. The molecular formula is CH10BF3S. The number of hydrogen-bond acceptors (Lipinski definition) is 1. The number of thiol groups is 1. The van der Waals surface area contributed by atoms with Crippen molar-refractivity contribution in [2.45, 2.75) is 0 Å². The number of halogens is 3. The van der Waals surface area contributed by atoms with Gasteiger partial charge in [0.05, 0.1) is 8.41 Å². The van der Waals surface area contributed by atoms with Gasteiger partial charge in [-0.1, -0.05) is 0 Å². The molecule has 0 N–H and O–H groups in total. The maximum atomic E-state index is 3.53. The Kier molecular flexibility index (Phi) is 42300. The standard InChI is InChI=1S/CH4S.BH3.3FH/c1-2;;;;/h2H,1H3;1H3;3*1H. The van der Waals surface area contributed by atoms with Crippen molar-refractivity contribution in [1.29, 1.82) is 0 Å². The van der Waals surface area contributed by atoms with Gasteiger partial charge >= 0.3 is 0 Å². The minimum absolute atomic E-state index is 0. The predicted molar refractivity (Wildman–Crippen MR) is 32.4 cm³/mol. The second-order valence-corrected chi connectivity index (χ2v) is 0. The summed E-state index contributed by atoms with van der Waals surface area (Å²) in [5.74, 6) is 0. The van der Waals surface area contributed by atoms with E-state index in [1.807, 2.05) is 0 Å². The summed E-state index contributed by atoms with van der Waals surface area (Å²) in [7, 11) is 0. The molecule has 0 amide bonds. The molecule has 5 heteroatoms. The van der Waals surface area contributed by atoms with Crippen molar-refractivity contribution in [2.75, 3.05) is 6.26 Å². The summed E-state index contributed by atoms with van der Waals surface area (Å²) in [5.41, 5.74) is 0. The molecule has 0 heterocycles. The smallest absolute Gasteiger partial charge is 0.0814 e. The van der Waals surface area contributed by atoms with Gasteiger partial charge < -0.3 is 0 Å². The number of hydrogen-bond donors (Lipinski definition) is 1. The lowest BCUT2D eigenvalue weighted by atomic mass is 10.8. The molecule has 0 bridgehead atoms. The van der Waals surface area contributed by atoms with Crippen LogP contribution < -0.4 is 0 Å². The van der Waals surface area contributed by atoms with Crippen LogP contribution in [0.2, 0.25) is 0 Å². The number of rotatable bonds is 0. The highest BCUT2D eigenvalue weighted by Gasteiger charge is 0.901. The van der Waals surface area contributed by atoms with Gasteiger partial charge in [-0.2, -0.15) is 12.6 Å². The van der Waals surface area contributed by atoms with Crippen LogP contribution in [0.15, 0.2) is 0 Å². The van der Waals surface area contributed by atoms with E-state index in [4.69, 9.17) is 0 Å². The third kappa shape index (κ3) is 1030. The lowest BCUT2D eigenvalue weighted by Crippen LogP contribution is -0.865. The van der Waals surface area contributed by atoms with Gasteiger partial charge in [-0.05, 0) is 6.26 Å². The van der Waals surface area contributed by atoms with E-state index in [1.54, 1.807) is 6.26 Å². The first-order valence-electron chi connectivity index (χ1n) is 0.447. The molecule has 44 valence electrons. The minimum Gasteiger partial charge on any atom is -0.269 e. The van der Waals surface area contributed by atoms with Crippen molar-refractivity contribution in [3.63, 3.8) is 0 Å². The van der Waals surface area contributed by atoms with Gasteiger partial charge in [0.1, 0.15) is 0 Å². The first-order valence-corrected chi connectivity index (χ1v) is 1.34. The summed E-state index contributed by atoms with van der Waals surface area (Å²) in [6, 6.07) is 0. The quantitative estimate of drug-likeness (QED) is 0.334. The summed E-state index contributed by atoms with van der Waals surface area (Å²) in [5, 5.41) is 0. The molecule has 0 radical (unpaired) electrons. The monoisotopic (exact) mass is 122 g/mol. The molecular weight excluding hydrogens is 112 g/mol. The Morgan fingerprint density at radius 2 is 0.833 bits per heavy atom. The molecule has 0 aliphatic rings. The van der Waals surface area contributed by atoms with Crippen LogP contribution in [-0.2, 0) is 0 Å². The largest absolute Gasteiger partial charge is 0.269 e. The average molecular weight is 122 g/mol. The van der Waals surface area contributed by atoms with Crippen molar-refractivity contribution >= 4 is 21.0 Å². The molecule has 0 rings (SSSR count). The molecule has 0 atom stereocenters. The van der Waals surface area contributed by atoms with Crippen LogP contribution in [0.1, 0.15) is 0 Å². The Morgan fingerprint density at radius 1 is 0.833 bits per heavy atom. The van der Waals surface area contributed by atoms with Crippen LogP contribution in [-0.4, -0.2) is 14.7 Å². The van der Waals surface area contributed by atoms with Crippen molar-refractivity contribution in [2.24, 2.45) is 0 Å². The predicted octanol–water partition coefficient (Wildman–Crippen LogP) is -0.180. The van der Waals surface area contributed by atoms with Gasteiger partial charge in [-0.3, -0.25) is 14.1 Å². The molecule has 0 aromatic heterocycles. The van der Waals surface area contributed by atoms with Crippen molar-refractivity contribution in [1.82, 2.24) is 0 Å². The summed E-state index contributed by atoms with van der Waals surface area (Å²) >= 11 is 3.53. The third-order valence-electron chi connectivity index (χ3n) is 0. The van der Waals surface area contributed by atoms with Gasteiger partial charge in [-0.25, -0.2) is 0 Å². The Bertz CT molecular complexity index is 10.8. The van der Waals surface area contributed by atoms with Gasteiger partial charge in [0.15, 0.2) is 0 Å². The van der Waals surface area contributed by atoms with Crippen molar-refractivity contribution < 1.29 is 14.1 Å². The molecule has 0 unspecified atom stereocenters. The van der Waals surface area contributed by atoms with E-state index < -0.39 is 0 Å². The fourth-order valence-electron chi connectivity index (χ4n) is 0. The van der Waals surface area contributed by atoms with Gasteiger partial charge in [0, 0.05) is 0 Å². The van der Waals surface area contributed by atoms with Crippen LogP contribution in [0.4, 0.5) is 14.1 Å². The maximum absolute atomic E-state index is 3.53. The molecule has 0 aromatic carbocycles. The minimum atomic E-state index is 0. The Hall–Kier alpha value is 0.205. The molecule has 0 aliphatic carbocycles. The summed E-state index contributed by atoms with van der Waals surface area (Å²) in [6.45, 7) is 0. The lowest BCUT2D eigenvalue weighted by Gasteiger charge is -1.11. The zero-order valence-electron chi connectivity index (χ0n) is 2.67. The fraction of sp³-hybridized carbons (Fsp3) is 1.00. The van der Waals surface area contributed by atoms with Gasteiger partial charge in [0.25, 0.3) is 0 Å². The maximum Gasteiger partial charge on any atom is 0.0814 e. The Morgan fingerprint density at radius 3 is 0.833 bits per heavy atom. The summed E-state index contributed by atoms with van der Waals surface area (Å²) < 4.78 is 0. The third-order valence-corrected chi connectivity index (χ3v) is 0. The highest BCUT2D eigenvalue weighted by Crippen LogP contribution is 1.31. The zero-order valence-corrected chi connectivity index (χ0v) is 3.57. The highest BCUT2D eigenvalue weighted by atomic mass is 32.1. The molecule has 0 fully saturated rings. The van der Waals surface area contributed by atoms with Gasteiger partial charge in [0.2, 0.25) is 0 Å². The van der Waals surface area contributed by atoms with Crippen LogP contribution in [0.25, 0.3) is 0 Å². The van der Waals surface area contributed by atoms with Crippen molar-refractivity contribution in [3.8, 4) is 0 Å². The Labute approximate surface area is 42.4 Å². The SMILES string of the molecule is B.CS.F.F.F. The van der Waals surface area contributed by atoms with E-state index in [1.165, 1.54) is 0 Å². The fourth-order valence-corrected chi connectivity index (χ4v) is 0. The molecule has 6 heavy (non-hydrogen) atoms. The molecule has 0 saturated carbocycles. The van der Waals surface area contributed by atoms with Gasteiger partial charge in [-0.15, -0.1) is 0 Å². The average Bonchev–Trinajstić information content (AvgIpc) is 1.00. The Balaban J connectivity index is -0.000000000833. The highest BCUT2D eigenvalue weighted by molar-refractivity contribution is 7.79. The normalized spacial score (nSPS) is 1.00. The van der Waals surface area contributed by atoms with E-state index in [2.05, 4.69) is 12.6 Å².